The molecule has 0 radical (unpaired) electrons. The van der Waals surface area contributed by atoms with Crippen molar-refractivity contribution in [1.29, 1.82) is 0 Å². The molecule has 0 aromatic carbocycles. The predicted octanol–water partition coefficient (Wildman–Crippen LogP) is -0.0698. The van der Waals surface area contributed by atoms with E-state index >= 15 is 0 Å². The molecule has 0 unspecified atom stereocenters. The van der Waals surface area contributed by atoms with E-state index in [1.165, 1.54) is 7.11 Å². The smallest absolute Gasteiger partial charge is 0.327 e. The highest BCUT2D eigenvalue weighted by molar-refractivity contribution is 7.84. The Bertz CT molecular complexity index is 135. The maximum absolute atomic E-state index is 10.5. The van der Waals surface area contributed by atoms with E-state index < -0.39 is 12.0 Å². The molecule has 0 spiro atoms. The molecule has 0 saturated heterocycles. The highest BCUT2D eigenvalue weighted by Crippen LogP contribution is 2.01. The fourth-order valence-electron chi connectivity index (χ4n) is 0.263. The van der Waals surface area contributed by atoms with Gasteiger partial charge in [0.15, 0.2) is 0 Å². The number of carbonyl (C=O) groups is 1. The molecule has 0 amide bonds. The van der Waals surface area contributed by atoms with Gasteiger partial charge >= 0.3 is 5.97 Å². The summed E-state index contributed by atoms with van der Waals surface area (Å²) in [6.45, 7) is 3.36. The van der Waals surface area contributed by atoms with E-state index in [2.05, 4.69) is 23.9 Å². The second-order valence-corrected chi connectivity index (χ2v) is 2.07. The van der Waals surface area contributed by atoms with E-state index in [1.807, 2.05) is 0 Å². The number of methoxy groups -OCH3 is 1. The second kappa shape index (κ2) is 3.53. The van der Waals surface area contributed by atoms with Crippen LogP contribution >= 0.6 is 12.6 Å². The first kappa shape index (κ1) is 8.52. The van der Waals surface area contributed by atoms with Crippen LogP contribution in [0.15, 0.2) is 11.5 Å². The lowest BCUT2D eigenvalue weighted by molar-refractivity contribution is -0.140. The second-order valence-electron chi connectivity index (χ2n) is 1.49. The van der Waals surface area contributed by atoms with Crippen molar-refractivity contribution in [3.63, 3.8) is 0 Å². The van der Waals surface area contributed by atoms with Crippen LogP contribution in [0.2, 0.25) is 0 Å². The Morgan fingerprint density at radius 2 is 2.33 bits per heavy atom. The van der Waals surface area contributed by atoms with Crippen molar-refractivity contribution >= 4 is 18.6 Å². The molecule has 0 heterocycles. The van der Waals surface area contributed by atoms with Crippen LogP contribution in [0.4, 0.5) is 0 Å². The van der Waals surface area contributed by atoms with Crippen LogP contribution in [0.1, 0.15) is 0 Å². The highest BCUT2D eigenvalue weighted by Gasteiger charge is 2.13. The molecule has 4 heteroatoms. The fraction of sp³-hybridized carbons (Fsp3) is 0.400. The van der Waals surface area contributed by atoms with E-state index in [1.54, 1.807) is 0 Å². The Labute approximate surface area is 59.3 Å². The molecule has 0 aliphatic carbocycles. The van der Waals surface area contributed by atoms with E-state index in [4.69, 9.17) is 5.73 Å². The first-order valence-corrected chi connectivity index (χ1v) is 2.75. The Balaban J connectivity index is 3.88. The Morgan fingerprint density at radius 3 is 2.44 bits per heavy atom. The van der Waals surface area contributed by atoms with Crippen LogP contribution < -0.4 is 5.73 Å². The van der Waals surface area contributed by atoms with Crippen LogP contribution in [0.25, 0.3) is 0 Å². The molecule has 9 heavy (non-hydrogen) atoms. The lowest BCUT2D eigenvalue weighted by Crippen LogP contribution is -2.31. The van der Waals surface area contributed by atoms with E-state index in [9.17, 15) is 4.79 Å². The lowest BCUT2D eigenvalue weighted by Gasteiger charge is -2.05. The lowest BCUT2D eigenvalue weighted by atomic mass is 10.3. The van der Waals surface area contributed by atoms with Gasteiger partial charge in [-0.25, -0.2) is 4.79 Å². The highest BCUT2D eigenvalue weighted by atomic mass is 32.1. The average molecular weight is 147 g/mol. The van der Waals surface area contributed by atoms with Crippen molar-refractivity contribution in [2.45, 2.75) is 6.04 Å². The first-order valence-electron chi connectivity index (χ1n) is 2.30. The SMILES string of the molecule is C=C(S)[C@@H](N)C(=O)OC. The van der Waals surface area contributed by atoms with Gasteiger partial charge in [-0.1, -0.05) is 6.58 Å². The number of thiol groups is 1. The van der Waals surface area contributed by atoms with Crippen molar-refractivity contribution in [2.24, 2.45) is 5.73 Å². The summed E-state index contributed by atoms with van der Waals surface area (Å²) in [5.74, 6) is -0.519. The molecule has 3 nitrogen and oxygen atoms in total. The van der Waals surface area contributed by atoms with E-state index in [0.29, 0.717) is 4.91 Å². The van der Waals surface area contributed by atoms with Crippen molar-refractivity contribution in [2.75, 3.05) is 7.11 Å². The number of nitrogens with two attached hydrogens (primary N) is 1. The summed E-state index contributed by atoms with van der Waals surface area (Å²) in [6, 6.07) is -0.807. The fourth-order valence-corrected chi connectivity index (χ4v) is 0.368. The minimum Gasteiger partial charge on any atom is -0.468 e. The molecule has 0 aromatic rings. The van der Waals surface area contributed by atoms with Gasteiger partial charge in [-0.15, -0.1) is 12.6 Å². The molecular weight excluding hydrogens is 138 g/mol. The summed E-state index contributed by atoms with van der Waals surface area (Å²) in [6.07, 6.45) is 0. The molecule has 0 rings (SSSR count). The minimum atomic E-state index is -0.807. The molecule has 0 aromatic heterocycles. The standard InChI is InChI=1S/C5H9NO2S/c1-3(9)4(6)5(7)8-2/h4,9H,1,6H2,2H3/t4-/m1/s1. The Morgan fingerprint density at radius 1 is 1.89 bits per heavy atom. The van der Waals surface area contributed by atoms with Crippen LogP contribution in [0, 0.1) is 0 Å². The normalized spacial score (nSPS) is 12.3. The molecule has 0 aliphatic rings. The number of ether oxygens (including phenoxy) is 1. The van der Waals surface area contributed by atoms with Crippen LogP contribution in [-0.4, -0.2) is 19.1 Å². The molecule has 0 bridgehead atoms. The van der Waals surface area contributed by atoms with Crippen molar-refractivity contribution in [3.8, 4) is 0 Å². The van der Waals surface area contributed by atoms with Gasteiger partial charge in [-0.05, 0) is 0 Å². The average Bonchev–Trinajstić information content (AvgIpc) is 1.84. The number of rotatable bonds is 2. The van der Waals surface area contributed by atoms with E-state index in [0.717, 1.165) is 0 Å². The Hall–Kier alpha value is -0.480. The van der Waals surface area contributed by atoms with Gasteiger partial charge in [0.1, 0.15) is 6.04 Å². The molecule has 2 N–H and O–H groups in total. The van der Waals surface area contributed by atoms with Crippen LogP contribution in [0.5, 0.6) is 0 Å². The maximum atomic E-state index is 10.5. The zero-order valence-electron chi connectivity index (χ0n) is 5.13. The monoisotopic (exact) mass is 147 g/mol. The van der Waals surface area contributed by atoms with Crippen molar-refractivity contribution in [3.05, 3.63) is 11.5 Å². The van der Waals surface area contributed by atoms with Gasteiger partial charge in [0.25, 0.3) is 0 Å². The van der Waals surface area contributed by atoms with Gasteiger partial charge in [-0.3, -0.25) is 0 Å². The molecule has 0 aliphatic heterocycles. The predicted molar refractivity (Wildman–Crippen MR) is 38.1 cm³/mol. The van der Waals surface area contributed by atoms with Crippen LogP contribution in [-0.2, 0) is 9.53 Å². The maximum Gasteiger partial charge on any atom is 0.327 e. The van der Waals surface area contributed by atoms with Gasteiger partial charge < -0.3 is 10.5 Å². The van der Waals surface area contributed by atoms with Crippen molar-refractivity contribution < 1.29 is 9.53 Å². The minimum absolute atomic E-state index is 0.307. The first-order chi connectivity index (χ1) is 4.09. The Kier molecular flexibility index (Phi) is 3.34. The quantitative estimate of drug-likeness (QED) is 0.424. The largest absolute Gasteiger partial charge is 0.468 e. The molecule has 1 atom stereocenters. The third-order valence-electron chi connectivity index (χ3n) is 0.814. The van der Waals surface area contributed by atoms with Gasteiger partial charge in [0.2, 0.25) is 0 Å². The third-order valence-corrected chi connectivity index (χ3v) is 1.09. The molecule has 0 saturated carbocycles. The number of hydrogen-bond donors (Lipinski definition) is 2. The summed E-state index contributed by atoms with van der Waals surface area (Å²) in [7, 11) is 1.26. The van der Waals surface area contributed by atoms with Crippen molar-refractivity contribution in [1.82, 2.24) is 0 Å². The van der Waals surface area contributed by atoms with Gasteiger partial charge in [0.05, 0.1) is 7.11 Å². The third kappa shape index (κ3) is 2.53. The summed E-state index contributed by atoms with van der Waals surface area (Å²) >= 11 is 3.77. The van der Waals surface area contributed by atoms with Gasteiger partial charge in [-0.2, -0.15) is 0 Å². The summed E-state index contributed by atoms with van der Waals surface area (Å²) < 4.78 is 4.30. The van der Waals surface area contributed by atoms with E-state index in [-0.39, 0.29) is 0 Å². The number of hydrogen-bond acceptors (Lipinski definition) is 4. The van der Waals surface area contributed by atoms with Crippen LogP contribution in [0.3, 0.4) is 0 Å². The number of carbonyl (C=O) groups excluding carboxylic acids is 1. The molecular formula is C5H9NO2S. The summed E-state index contributed by atoms with van der Waals surface area (Å²) in [5.41, 5.74) is 5.22. The summed E-state index contributed by atoms with van der Waals surface area (Å²) in [4.78, 5) is 10.8. The zero-order chi connectivity index (χ0) is 7.44. The molecule has 0 fully saturated rings. The zero-order valence-corrected chi connectivity index (χ0v) is 6.02. The molecule has 52 valence electrons. The topological polar surface area (TPSA) is 52.3 Å². The van der Waals surface area contributed by atoms with Gasteiger partial charge in [0, 0.05) is 4.91 Å². The summed E-state index contributed by atoms with van der Waals surface area (Å²) in [5, 5.41) is 0. The number of esters is 1.